The second-order valence-corrected chi connectivity index (χ2v) is 14.4. The molecule has 56 heavy (non-hydrogen) atoms. The van der Waals surface area contributed by atoms with Gasteiger partial charge in [-0.1, -0.05) is 164 Å². The van der Waals surface area contributed by atoms with E-state index >= 15 is 0 Å². The van der Waals surface area contributed by atoms with Crippen LogP contribution in [0.25, 0.3) is 87.6 Å². The van der Waals surface area contributed by atoms with Crippen molar-refractivity contribution < 1.29 is 4.42 Å². The smallest absolute Gasteiger partial charge is 0.143 e. The zero-order valence-electron chi connectivity index (χ0n) is 30.6. The van der Waals surface area contributed by atoms with Gasteiger partial charge in [-0.3, -0.25) is 0 Å². The Balaban J connectivity index is 1.09. The summed E-state index contributed by atoms with van der Waals surface area (Å²) in [5.74, 6) is 0. The Bertz CT molecular complexity index is 3180. The molecule has 0 aliphatic heterocycles. The van der Waals surface area contributed by atoms with E-state index < -0.39 is 0 Å². The molecule has 262 valence electrons. The van der Waals surface area contributed by atoms with Gasteiger partial charge in [-0.15, -0.1) is 0 Å². The van der Waals surface area contributed by atoms with Crippen LogP contribution in [0.15, 0.2) is 217 Å². The highest BCUT2D eigenvalue weighted by molar-refractivity contribution is 6.26. The molecule has 0 atom stereocenters. The molecule has 10 aromatic carbocycles. The average Bonchev–Trinajstić information content (AvgIpc) is 3.66. The highest BCUT2D eigenvalue weighted by Crippen LogP contribution is 2.44. The zero-order chi connectivity index (χ0) is 37.0. The summed E-state index contributed by atoms with van der Waals surface area (Å²) in [5, 5.41) is 9.83. The molecule has 0 saturated carbocycles. The Labute approximate surface area is 325 Å². The topological polar surface area (TPSA) is 16.4 Å². The van der Waals surface area contributed by atoms with E-state index in [2.05, 4.69) is 211 Å². The van der Waals surface area contributed by atoms with E-state index in [-0.39, 0.29) is 0 Å². The highest BCUT2D eigenvalue weighted by Gasteiger charge is 2.20. The monoisotopic (exact) mass is 713 g/mol. The predicted octanol–water partition coefficient (Wildman–Crippen LogP) is 15.5. The molecule has 2 heteroatoms. The van der Waals surface area contributed by atoms with E-state index in [1.165, 1.54) is 43.4 Å². The van der Waals surface area contributed by atoms with Crippen LogP contribution in [0.5, 0.6) is 0 Å². The molecule has 2 nitrogen and oxygen atoms in total. The van der Waals surface area contributed by atoms with Crippen molar-refractivity contribution in [2.24, 2.45) is 0 Å². The average molecular weight is 714 g/mol. The van der Waals surface area contributed by atoms with Gasteiger partial charge in [0.1, 0.15) is 11.2 Å². The minimum atomic E-state index is 0.900. The van der Waals surface area contributed by atoms with E-state index in [4.69, 9.17) is 4.42 Å². The van der Waals surface area contributed by atoms with Gasteiger partial charge in [0.2, 0.25) is 0 Å². The fourth-order valence-electron chi connectivity index (χ4n) is 8.63. The molecule has 0 aliphatic rings. The van der Waals surface area contributed by atoms with Gasteiger partial charge in [0.05, 0.1) is 0 Å². The Morgan fingerprint density at radius 1 is 0.286 bits per heavy atom. The van der Waals surface area contributed by atoms with Crippen molar-refractivity contribution in [2.75, 3.05) is 4.90 Å². The quantitative estimate of drug-likeness (QED) is 0.160. The number of rotatable bonds is 6. The molecule has 0 amide bonds. The SMILES string of the molecule is c1ccc(-c2ccc(N(c3ccc(-c4ccc5c(oc6ccccc65)c4-c4ccccc4)cc3)c3ccc4c5ccccc5c5ccccc5c4c3)cc2)cc1. The lowest BCUT2D eigenvalue weighted by Gasteiger charge is -2.27. The summed E-state index contributed by atoms with van der Waals surface area (Å²) >= 11 is 0. The van der Waals surface area contributed by atoms with Gasteiger partial charge in [-0.25, -0.2) is 0 Å². The van der Waals surface area contributed by atoms with Crippen molar-refractivity contribution in [3.63, 3.8) is 0 Å². The standard InChI is InChI=1S/C54H35NO/c1-3-13-36(14-4-1)37-23-27-40(28-24-37)55(42-31-32-48-46-19-8-7-17-44(46)45-18-9-10-20-47(45)51(48)35-42)41-29-25-38(26-30-41)43-33-34-50-49-21-11-12-22-52(49)56-54(50)53(43)39-15-5-2-6-16-39/h1-35H. The van der Waals surface area contributed by atoms with E-state index in [1.807, 2.05) is 6.07 Å². The third kappa shape index (κ3) is 5.26. The molecular weight excluding hydrogens is 679 g/mol. The van der Waals surface area contributed by atoms with Gasteiger partial charge < -0.3 is 9.32 Å². The molecule has 0 fully saturated rings. The van der Waals surface area contributed by atoms with E-state index in [1.54, 1.807) is 0 Å². The number of para-hydroxylation sites is 1. The summed E-state index contributed by atoms with van der Waals surface area (Å²) in [6.45, 7) is 0. The Kier molecular flexibility index (Phi) is 7.53. The zero-order valence-corrected chi connectivity index (χ0v) is 30.6. The molecular formula is C54H35NO. The molecule has 0 aliphatic carbocycles. The van der Waals surface area contributed by atoms with Crippen molar-refractivity contribution >= 4 is 71.3 Å². The molecule has 0 radical (unpaired) electrons. The molecule has 1 heterocycles. The number of furan rings is 1. The van der Waals surface area contributed by atoms with Gasteiger partial charge >= 0.3 is 0 Å². The minimum absolute atomic E-state index is 0.900. The number of hydrogen-bond donors (Lipinski definition) is 0. The number of nitrogens with zero attached hydrogens (tertiary/aromatic N) is 1. The van der Waals surface area contributed by atoms with Crippen molar-refractivity contribution in [1.29, 1.82) is 0 Å². The summed E-state index contributed by atoms with van der Waals surface area (Å²) in [7, 11) is 0. The van der Waals surface area contributed by atoms with Crippen LogP contribution in [-0.4, -0.2) is 0 Å². The Morgan fingerprint density at radius 3 is 1.36 bits per heavy atom. The maximum absolute atomic E-state index is 6.60. The van der Waals surface area contributed by atoms with Crippen molar-refractivity contribution in [3.05, 3.63) is 212 Å². The van der Waals surface area contributed by atoms with Gasteiger partial charge in [0.25, 0.3) is 0 Å². The third-order valence-electron chi connectivity index (χ3n) is 11.3. The van der Waals surface area contributed by atoms with E-state index in [9.17, 15) is 0 Å². The summed E-state index contributed by atoms with van der Waals surface area (Å²) in [5.41, 5.74) is 12.0. The van der Waals surface area contributed by atoms with Crippen LogP contribution < -0.4 is 4.90 Å². The lowest BCUT2D eigenvalue weighted by atomic mass is 9.92. The summed E-state index contributed by atoms with van der Waals surface area (Å²) in [6, 6.07) is 76.4. The fraction of sp³-hybridized carbons (Fsp3) is 0. The number of benzene rings is 10. The minimum Gasteiger partial charge on any atom is -0.455 e. The van der Waals surface area contributed by atoms with Crippen molar-refractivity contribution in [1.82, 2.24) is 0 Å². The van der Waals surface area contributed by atoms with Crippen LogP contribution in [0.1, 0.15) is 0 Å². The first kappa shape index (κ1) is 32.0. The highest BCUT2D eigenvalue weighted by atomic mass is 16.3. The largest absolute Gasteiger partial charge is 0.455 e. The Morgan fingerprint density at radius 2 is 0.732 bits per heavy atom. The maximum atomic E-state index is 6.60. The number of fused-ring (bicyclic) bond motifs is 9. The van der Waals surface area contributed by atoms with E-state index in [0.717, 1.165) is 61.3 Å². The molecule has 0 unspecified atom stereocenters. The molecule has 11 rings (SSSR count). The first-order chi connectivity index (χ1) is 27.8. The third-order valence-corrected chi connectivity index (χ3v) is 11.3. The van der Waals surface area contributed by atoms with E-state index in [0.29, 0.717) is 0 Å². The van der Waals surface area contributed by atoms with Gasteiger partial charge in [0, 0.05) is 33.4 Å². The molecule has 0 saturated heterocycles. The normalized spacial score (nSPS) is 11.6. The predicted molar refractivity (Wildman–Crippen MR) is 237 cm³/mol. The molecule has 1 aromatic heterocycles. The van der Waals surface area contributed by atoms with Gasteiger partial charge in [-0.2, -0.15) is 0 Å². The van der Waals surface area contributed by atoms with Crippen LogP contribution in [0.4, 0.5) is 17.1 Å². The first-order valence-electron chi connectivity index (χ1n) is 19.2. The lowest BCUT2D eigenvalue weighted by molar-refractivity contribution is 0.670. The van der Waals surface area contributed by atoms with Crippen LogP contribution in [0, 0.1) is 0 Å². The maximum Gasteiger partial charge on any atom is 0.143 e. The van der Waals surface area contributed by atoms with Crippen LogP contribution in [0.2, 0.25) is 0 Å². The number of hydrogen-bond acceptors (Lipinski definition) is 2. The fourth-order valence-corrected chi connectivity index (χ4v) is 8.63. The van der Waals surface area contributed by atoms with Gasteiger partial charge in [0.15, 0.2) is 0 Å². The summed E-state index contributed by atoms with van der Waals surface area (Å²) in [6.07, 6.45) is 0. The first-order valence-corrected chi connectivity index (χ1v) is 19.2. The summed E-state index contributed by atoms with van der Waals surface area (Å²) in [4.78, 5) is 2.38. The Hall–Kier alpha value is -7.42. The van der Waals surface area contributed by atoms with Crippen LogP contribution >= 0.6 is 0 Å². The lowest BCUT2D eigenvalue weighted by Crippen LogP contribution is -2.10. The second-order valence-electron chi connectivity index (χ2n) is 14.4. The second kappa shape index (κ2) is 13.2. The van der Waals surface area contributed by atoms with Crippen molar-refractivity contribution in [3.8, 4) is 33.4 Å². The van der Waals surface area contributed by atoms with Crippen LogP contribution in [0.3, 0.4) is 0 Å². The molecule has 0 spiro atoms. The number of anilines is 3. The summed E-state index contributed by atoms with van der Waals surface area (Å²) < 4.78 is 6.60. The molecule has 0 bridgehead atoms. The molecule has 0 N–H and O–H groups in total. The van der Waals surface area contributed by atoms with Crippen LogP contribution in [-0.2, 0) is 0 Å². The molecule has 11 aromatic rings. The van der Waals surface area contributed by atoms with Gasteiger partial charge in [-0.05, 0) is 109 Å². The van der Waals surface area contributed by atoms with Crippen molar-refractivity contribution in [2.45, 2.75) is 0 Å².